The number of hydrogen-bond acceptors (Lipinski definition) is 4. The number of anilines is 1. The quantitative estimate of drug-likeness (QED) is 0.799. The number of methoxy groups -OCH3 is 1. The van der Waals surface area contributed by atoms with Gasteiger partial charge in [-0.2, -0.15) is 0 Å². The number of aromatic nitrogens is 1. The number of pyridine rings is 1. The van der Waals surface area contributed by atoms with Crippen LogP contribution >= 0.6 is 0 Å². The van der Waals surface area contributed by atoms with E-state index in [4.69, 9.17) is 10.5 Å². The molecule has 0 aliphatic rings. The lowest BCUT2D eigenvalue weighted by atomic mass is 10.0. The van der Waals surface area contributed by atoms with Gasteiger partial charge in [0.05, 0.1) is 12.7 Å². The third-order valence-electron chi connectivity index (χ3n) is 2.42. The van der Waals surface area contributed by atoms with Gasteiger partial charge in [-0.1, -0.05) is 30.3 Å². The Balaban J connectivity index is 2.59. The fourth-order valence-corrected chi connectivity index (χ4v) is 1.60. The lowest BCUT2D eigenvalue weighted by Crippen LogP contribution is -2.05. The van der Waals surface area contributed by atoms with Gasteiger partial charge in [-0.3, -0.25) is 0 Å². The van der Waals surface area contributed by atoms with Crippen LogP contribution < -0.4 is 5.73 Å². The highest BCUT2D eigenvalue weighted by atomic mass is 16.5. The molecule has 17 heavy (non-hydrogen) atoms. The van der Waals surface area contributed by atoms with Crippen molar-refractivity contribution in [3.8, 4) is 11.1 Å². The van der Waals surface area contributed by atoms with Crippen molar-refractivity contribution in [3.05, 3.63) is 48.2 Å². The minimum absolute atomic E-state index is 0.372. The average Bonchev–Trinajstić information content (AvgIpc) is 2.39. The van der Waals surface area contributed by atoms with Crippen LogP contribution in [0.2, 0.25) is 0 Å². The maximum atomic E-state index is 11.6. The van der Waals surface area contributed by atoms with Crippen LogP contribution in [0.5, 0.6) is 0 Å². The van der Waals surface area contributed by atoms with Crippen LogP contribution in [0, 0.1) is 0 Å². The van der Waals surface area contributed by atoms with E-state index in [1.54, 1.807) is 6.07 Å². The Morgan fingerprint density at radius 3 is 2.65 bits per heavy atom. The minimum atomic E-state index is -0.420. The van der Waals surface area contributed by atoms with Gasteiger partial charge >= 0.3 is 5.97 Å². The number of esters is 1. The van der Waals surface area contributed by atoms with Gasteiger partial charge in [0.1, 0.15) is 5.82 Å². The smallest absolute Gasteiger partial charge is 0.340 e. The molecule has 0 radical (unpaired) electrons. The zero-order valence-corrected chi connectivity index (χ0v) is 9.38. The van der Waals surface area contributed by atoms with Gasteiger partial charge in [-0.15, -0.1) is 0 Å². The average molecular weight is 228 g/mol. The molecular weight excluding hydrogens is 216 g/mol. The van der Waals surface area contributed by atoms with E-state index < -0.39 is 5.97 Å². The van der Waals surface area contributed by atoms with Crippen LogP contribution in [-0.4, -0.2) is 18.1 Å². The molecule has 1 heterocycles. The van der Waals surface area contributed by atoms with Gasteiger partial charge in [-0.05, 0) is 11.6 Å². The van der Waals surface area contributed by atoms with Crippen LogP contribution in [0.15, 0.2) is 42.6 Å². The normalized spacial score (nSPS) is 9.94. The topological polar surface area (TPSA) is 65.2 Å². The first kappa shape index (κ1) is 11.1. The summed E-state index contributed by atoms with van der Waals surface area (Å²) in [5.74, 6) is -0.0483. The highest BCUT2D eigenvalue weighted by molar-refractivity contribution is 5.97. The van der Waals surface area contributed by atoms with Crippen LogP contribution in [0.4, 0.5) is 5.82 Å². The summed E-state index contributed by atoms with van der Waals surface area (Å²) in [4.78, 5) is 15.5. The Labute approximate surface area is 99.1 Å². The third-order valence-corrected chi connectivity index (χ3v) is 2.42. The SMILES string of the molecule is COC(=O)c1cnc(N)cc1-c1ccccc1. The highest BCUT2D eigenvalue weighted by Crippen LogP contribution is 2.25. The molecule has 0 fully saturated rings. The predicted octanol–water partition coefficient (Wildman–Crippen LogP) is 2.12. The van der Waals surface area contributed by atoms with Crippen molar-refractivity contribution in [2.24, 2.45) is 0 Å². The van der Waals surface area contributed by atoms with Crippen LogP contribution in [-0.2, 0) is 4.74 Å². The monoisotopic (exact) mass is 228 g/mol. The molecule has 0 unspecified atom stereocenters. The molecular formula is C13H12N2O2. The number of nitrogens with zero attached hydrogens (tertiary/aromatic N) is 1. The van der Waals surface area contributed by atoms with Crippen molar-refractivity contribution in [2.45, 2.75) is 0 Å². The Kier molecular flexibility index (Phi) is 3.05. The zero-order chi connectivity index (χ0) is 12.3. The van der Waals surface area contributed by atoms with E-state index >= 15 is 0 Å². The summed E-state index contributed by atoms with van der Waals surface area (Å²) in [7, 11) is 1.34. The molecule has 0 atom stereocenters. The second-order valence-electron chi connectivity index (χ2n) is 3.51. The summed E-state index contributed by atoms with van der Waals surface area (Å²) in [5.41, 5.74) is 7.68. The number of rotatable bonds is 2. The molecule has 0 amide bonds. The standard InChI is InChI=1S/C13H12N2O2/c1-17-13(16)11-8-15-12(14)7-10(11)9-5-3-2-4-6-9/h2-8H,1H3,(H2,14,15). The molecule has 0 saturated heterocycles. The molecule has 1 aromatic heterocycles. The van der Waals surface area contributed by atoms with Gasteiger partial charge in [0.25, 0.3) is 0 Å². The maximum absolute atomic E-state index is 11.6. The predicted molar refractivity (Wildman–Crippen MR) is 65.4 cm³/mol. The number of benzene rings is 1. The first-order chi connectivity index (χ1) is 8.22. The second-order valence-corrected chi connectivity index (χ2v) is 3.51. The number of carbonyl (C=O) groups is 1. The van der Waals surface area contributed by atoms with Crippen molar-refractivity contribution < 1.29 is 9.53 Å². The number of nitrogens with two attached hydrogens (primary N) is 1. The van der Waals surface area contributed by atoms with E-state index in [0.717, 1.165) is 11.1 Å². The molecule has 4 heteroatoms. The fourth-order valence-electron chi connectivity index (χ4n) is 1.60. The van der Waals surface area contributed by atoms with Crippen molar-refractivity contribution in [3.63, 3.8) is 0 Å². The summed E-state index contributed by atoms with van der Waals surface area (Å²) >= 11 is 0. The van der Waals surface area contributed by atoms with E-state index in [-0.39, 0.29) is 0 Å². The molecule has 0 saturated carbocycles. The Morgan fingerprint density at radius 2 is 2.00 bits per heavy atom. The lowest BCUT2D eigenvalue weighted by Gasteiger charge is -2.08. The highest BCUT2D eigenvalue weighted by Gasteiger charge is 2.13. The largest absolute Gasteiger partial charge is 0.465 e. The Morgan fingerprint density at radius 1 is 1.29 bits per heavy atom. The van der Waals surface area contributed by atoms with Gasteiger partial charge in [0.2, 0.25) is 0 Å². The Hall–Kier alpha value is -2.36. The molecule has 0 spiro atoms. The summed E-state index contributed by atoms with van der Waals surface area (Å²) in [6, 6.07) is 11.2. The van der Waals surface area contributed by atoms with Crippen molar-refractivity contribution in [1.29, 1.82) is 0 Å². The maximum Gasteiger partial charge on any atom is 0.340 e. The molecule has 0 aliphatic carbocycles. The Bertz CT molecular complexity index is 538. The van der Waals surface area contributed by atoms with E-state index in [0.29, 0.717) is 11.4 Å². The molecule has 2 rings (SSSR count). The third kappa shape index (κ3) is 2.25. The van der Waals surface area contributed by atoms with Crippen molar-refractivity contribution >= 4 is 11.8 Å². The number of carbonyl (C=O) groups excluding carboxylic acids is 1. The van der Waals surface area contributed by atoms with E-state index in [1.807, 2.05) is 30.3 Å². The summed E-state index contributed by atoms with van der Waals surface area (Å²) in [6.07, 6.45) is 1.43. The van der Waals surface area contributed by atoms with Gasteiger partial charge in [-0.25, -0.2) is 9.78 Å². The molecule has 0 bridgehead atoms. The molecule has 2 N–H and O–H groups in total. The van der Waals surface area contributed by atoms with E-state index in [9.17, 15) is 4.79 Å². The second kappa shape index (κ2) is 4.65. The van der Waals surface area contributed by atoms with Crippen molar-refractivity contribution in [2.75, 3.05) is 12.8 Å². The summed E-state index contributed by atoms with van der Waals surface area (Å²) in [6.45, 7) is 0. The summed E-state index contributed by atoms with van der Waals surface area (Å²) in [5, 5.41) is 0. The lowest BCUT2D eigenvalue weighted by molar-refractivity contribution is 0.0601. The molecule has 86 valence electrons. The number of nitrogen functional groups attached to an aromatic ring is 1. The number of ether oxygens (including phenoxy) is 1. The first-order valence-corrected chi connectivity index (χ1v) is 5.11. The van der Waals surface area contributed by atoms with Gasteiger partial charge in [0, 0.05) is 11.8 Å². The van der Waals surface area contributed by atoms with Gasteiger partial charge < -0.3 is 10.5 Å². The first-order valence-electron chi connectivity index (χ1n) is 5.11. The van der Waals surface area contributed by atoms with Crippen molar-refractivity contribution in [1.82, 2.24) is 4.98 Å². The van der Waals surface area contributed by atoms with Crippen LogP contribution in [0.1, 0.15) is 10.4 Å². The molecule has 1 aromatic carbocycles. The van der Waals surface area contributed by atoms with Crippen LogP contribution in [0.3, 0.4) is 0 Å². The van der Waals surface area contributed by atoms with Gasteiger partial charge in [0.15, 0.2) is 0 Å². The van der Waals surface area contributed by atoms with Crippen LogP contribution in [0.25, 0.3) is 11.1 Å². The summed E-state index contributed by atoms with van der Waals surface area (Å²) < 4.78 is 4.72. The number of hydrogen-bond donors (Lipinski definition) is 1. The molecule has 0 aliphatic heterocycles. The zero-order valence-electron chi connectivity index (χ0n) is 9.38. The fraction of sp³-hybridized carbons (Fsp3) is 0.0769. The minimum Gasteiger partial charge on any atom is -0.465 e. The van der Waals surface area contributed by atoms with E-state index in [2.05, 4.69) is 4.98 Å². The molecule has 4 nitrogen and oxygen atoms in total. The van der Waals surface area contributed by atoms with E-state index in [1.165, 1.54) is 13.3 Å². The molecule has 2 aromatic rings.